The number of hydrogen-bond acceptors (Lipinski definition) is 3. The lowest BCUT2D eigenvalue weighted by Gasteiger charge is -2.22. The van der Waals surface area contributed by atoms with E-state index in [-0.39, 0.29) is 5.92 Å². The monoisotopic (exact) mass is 403 g/mol. The molecule has 0 heterocycles. The minimum Gasteiger partial charge on any atom is -0.340 e. The van der Waals surface area contributed by atoms with Gasteiger partial charge in [-0.15, -0.1) is 0 Å². The first-order valence-electron chi connectivity index (χ1n) is 9.48. The molecular weight excluding hydrogens is 376 g/mol. The molecule has 1 atom stereocenters. The van der Waals surface area contributed by atoms with Crippen molar-refractivity contribution in [3.05, 3.63) is 65.2 Å². The summed E-state index contributed by atoms with van der Waals surface area (Å²) in [4.78, 5) is 27.1. The number of carbonyl (C=O) groups excluding carboxylic acids is 2. The SMILES string of the molecule is CC(C)C(NC(=O)c1c(F)cccc1F)C(=O)Nc1ccc(CCN(C)C)cc1. The molecule has 0 saturated carbocycles. The van der Waals surface area contributed by atoms with Crippen LogP contribution in [0.5, 0.6) is 0 Å². The molecule has 156 valence electrons. The molecule has 0 saturated heterocycles. The van der Waals surface area contributed by atoms with Crippen LogP contribution in [0.15, 0.2) is 42.5 Å². The Labute approximate surface area is 170 Å². The summed E-state index contributed by atoms with van der Waals surface area (Å²) in [5.74, 6) is -3.65. The maximum Gasteiger partial charge on any atom is 0.257 e. The first-order chi connectivity index (χ1) is 13.7. The summed E-state index contributed by atoms with van der Waals surface area (Å²) in [7, 11) is 4.00. The number of likely N-dealkylation sites (N-methyl/N-ethyl adjacent to an activating group) is 1. The summed E-state index contributed by atoms with van der Waals surface area (Å²) in [5.41, 5.74) is 1.03. The van der Waals surface area contributed by atoms with Gasteiger partial charge in [0.15, 0.2) is 0 Å². The number of hydrogen-bond donors (Lipinski definition) is 2. The lowest BCUT2D eigenvalue weighted by Crippen LogP contribution is -2.47. The summed E-state index contributed by atoms with van der Waals surface area (Å²) >= 11 is 0. The molecule has 2 N–H and O–H groups in total. The average Bonchev–Trinajstić information content (AvgIpc) is 2.65. The zero-order valence-corrected chi connectivity index (χ0v) is 17.1. The molecule has 0 aliphatic heterocycles. The molecule has 0 spiro atoms. The van der Waals surface area contributed by atoms with Crippen molar-refractivity contribution in [1.82, 2.24) is 10.2 Å². The minimum atomic E-state index is -0.973. The highest BCUT2D eigenvalue weighted by molar-refractivity contribution is 6.01. The number of nitrogens with one attached hydrogen (secondary N) is 2. The van der Waals surface area contributed by atoms with E-state index < -0.39 is 35.1 Å². The maximum absolute atomic E-state index is 13.8. The fourth-order valence-corrected chi connectivity index (χ4v) is 2.79. The van der Waals surface area contributed by atoms with E-state index in [1.165, 1.54) is 6.07 Å². The Bertz CT molecular complexity index is 831. The third-order valence-corrected chi connectivity index (χ3v) is 4.49. The fraction of sp³-hybridized carbons (Fsp3) is 0.364. The Balaban J connectivity index is 2.07. The Morgan fingerprint density at radius 3 is 2.10 bits per heavy atom. The van der Waals surface area contributed by atoms with Crippen LogP contribution in [0.25, 0.3) is 0 Å². The van der Waals surface area contributed by atoms with Crippen LogP contribution in [0.2, 0.25) is 0 Å². The lowest BCUT2D eigenvalue weighted by atomic mass is 10.0. The Morgan fingerprint density at radius 1 is 1.00 bits per heavy atom. The molecule has 0 aliphatic carbocycles. The molecule has 0 aromatic heterocycles. The molecule has 2 aromatic carbocycles. The van der Waals surface area contributed by atoms with Gasteiger partial charge in [0.05, 0.1) is 0 Å². The standard InChI is InChI=1S/C22H27F2N3O2/c1-14(2)20(26-21(28)19-17(23)6-5-7-18(19)24)22(29)25-16-10-8-15(9-11-16)12-13-27(3)4/h5-11,14,20H,12-13H2,1-4H3,(H,25,29)(H,26,28). The topological polar surface area (TPSA) is 61.4 Å². The van der Waals surface area contributed by atoms with Crippen LogP contribution in [-0.2, 0) is 11.2 Å². The normalized spacial score (nSPS) is 12.1. The number of anilines is 1. The van der Waals surface area contributed by atoms with Crippen molar-refractivity contribution in [2.24, 2.45) is 5.92 Å². The molecule has 0 fully saturated rings. The van der Waals surface area contributed by atoms with Gasteiger partial charge in [0, 0.05) is 12.2 Å². The molecule has 7 heteroatoms. The molecule has 1 unspecified atom stereocenters. The lowest BCUT2D eigenvalue weighted by molar-refractivity contribution is -0.118. The van der Waals surface area contributed by atoms with Crippen molar-refractivity contribution in [3.63, 3.8) is 0 Å². The second-order valence-corrected chi connectivity index (χ2v) is 7.53. The second kappa shape index (κ2) is 10.1. The van der Waals surface area contributed by atoms with Gasteiger partial charge in [-0.1, -0.05) is 32.0 Å². The van der Waals surface area contributed by atoms with E-state index >= 15 is 0 Å². The van der Waals surface area contributed by atoms with Crippen LogP contribution < -0.4 is 10.6 Å². The second-order valence-electron chi connectivity index (χ2n) is 7.53. The zero-order valence-electron chi connectivity index (χ0n) is 17.1. The van der Waals surface area contributed by atoms with Gasteiger partial charge in [-0.05, 0) is 56.3 Å². The molecule has 29 heavy (non-hydrogen) atoms. The van der Waals surface area contributed by atoms with E-state index in [1.807, 2.05) is 26.2 Å². The summed E-state index contributed by atoms with van der Waals surface area (Å²) in [6, 6.07) is 9.66. The quantitative estimate of drug-likeness (QED) is 0.710. The zero-order chi connectivity index (χ0) is 21.6. The Kier molecular flexibility index (Phi) is 7.84. The molecule has 5 nitrogen and oxygen atoms in total. The number of benzene rings is 2. The summed E-state index contributed by atoms with van der Waals surface area (Å²) < 4.78 is 27.7. The third kappa shape index (κ3) is 6.35. The first-order valence-corrected chi connectivity index (χ1v) is 9.48. The van der Waals surface area contributed by atoms with Crippen LogP contribution >= 0.6 is 0 Å². The highest BCUT2D eigenvalue weighted by Crippen LogP contribution is 2.15. The van der Waals surface area contributed by atoms with Crippen molar-refractivity contribution in [3.8, 4) is 0 Å². The summed E-state index contributed by atoms with van der Waals surface area (Å²) in [6.45, 7) is 4.40. The van der Waals surface area contributed by atoms with Crippen molar-refractivity contribution in [2.45, 2.75) is 26.3 Å². The van der Waals surface area contributed by atoms with Crippen LogP contribution in [0.3, 0.4) is 0 Å². The summed E-state index contributed by atoms with van der Waals surface area (Å²) in [5, 5.41) is 5.19. The van der Waals surface area contributed by atoms with Gasteiger partial charge in [-0.3, -0.25) is 9.59 Å². The average molecular weight is 403 g/mol. The molecule has 2 rings (SSSR count). The van der Waals surface area contributed by atoms with E-state index in [0.29, 0.717) is 5.69 Å². The van der Waals surface area contributed by atoms with Crippen molar-refractivity contribution >= 4 is 17.5 Å². The molecule has 0 radical (unpaired) electrons. The van der Waals surface area contributed by atoms with E-state index in [1.54, 1.807) is 26.0 Å². The van der Waals surface area contributed by atoms with E-state index in [2.05, 4.69) is 15.5 Å². The highest BCUT2D eigenvalue weighted by atomic mass is 19.1. The summed E-state index contributed by atoms with van der Waals surface area (Å²) in [6.07, 6.45) is 0.889. The predicted molar refractivity (Wildman–Crippen MR) is 110 cm³/mol. The fourth-order valence-electron chi connectivity index (χ4n) is 2.79. The largest absolute Gasteiger partial charge is 0.340 e. The number of amides is 2. The highest BCUT2D eigenvalue weighted by Gasteiger charge is 2.27. The van der Waals surface area contributed by atoms with Crippen LogP contribution in [0.1, 0.15) is 29.8 Å². The molecule has 0 bridgehead atoms. The third-order valence-electron chi connectivity index (χ3n) is 4.49. The van der Waals surface area contributed by atoms with Crippen LogP contribution in [0, 0.1) is 17.6 Å². The van der Waals surface area contributed by atoms with Gasteiger partial charge in [-0.25, -0.2) is 8.78 Å². The van der Waals surface area contributed by atoms with Crippen molar-refractivity contribution in [2.75, 3.05) is 26.0 Å². The van der Waals surface area contributed by atoms with Gasteiger partial charge in [-0.2, -0.15) is 0 Å². The molecule has 2 aromatic rings. The number of rotatable bonds is 8. The maximum atomic E-state index is 13.8. The number of halogens is 2. The number of nitrogens with zero attached hydrogens (tertiary/aromatic N) is 1. The minimum absolute atomic E-state index is 0.284. The van der Waals surface area contributed by atoms with Crippen LogP contribution in [0.4, 0.5) is 14.5 Å². The van der Waals surface area contributed by atoms with E-state index in [4.69, 9.17) is 0 Å². The molecular formula is C22H27F2N3O2. The Hall–Kier alpha value is -2.80. The van der Waals surface area contributed by atoms with Crippen LogP contribution in [-0.4, -0.2) is 43.4 Å². The Morgan fingerprint density at radius 2 is 1.59 bits per heavy atom. The van der Waals surface area contributed by atoms with Gasteiger partial charge in [0.25, 0.3) is 5.91 Å². The first kappa shape index (κ1) is 22.5. The predicted octanol–water partition coefficient (Wildman–Crippen LogP) is 3.46. The van der Waals surface area contributed by atoms with E-state index in [9.17, 15) is 18.4 Å². The molecule has 0 aliphatic rings. The van der Waals surface area contributed by atoms with Crippen molar-refractivity contribution < 1.29 is 18.4 Å². The molecule has 2 amide bonds. The number of carbonyl (C=O) groups is 2. The van der Waals surface area contributed by atoms with E-state index in [0.717, 1.165) is 30.7 Å². The smallest absolute Gasteiger partial charge is 0.257 e. The van der Waals surface area contributed by atoms with Crippen molar-refractivity contribution in [1.29, 1.82) is 0 Å². The van der Waals surface area contributed by atoms with Gasteiger partial charge < -0.3 is 15.5 Å². The van der Waals surface area contributed by atoms with Gasteiger partial charge in [0.1, 0.15) is 23.2 Å². The van der Waals surface area contributed by atoms with Gasteiger partial charge >= 0.3 is 0 Å². The van der Waals surface area contributed by atoms with Gasteiger partial charge in [0.2, 0.25) is 5.91 Å².